The molecule has 5 heteroatoms. The quantitative estimate of drug-likeness (QED) is 0.844. The van der Waals surface area contributed by atoms with Crippen LogP contribution >= 0.6 is 11.3 Å². The van der Waals surface area contributed by atoms with Crippen molar-refractivity contribution in [3.63, 3.8) is 0 Å². The first-order chi connectivity index (χ1) is 8.63. The number of hydrogen-bond donors (Lipinski definition) is 1. The van der Waals surface area contributed by atoms with Gasteiger partial charge < -0.3 is 5.73 Å². The van der Waals surface area contributed by atoms with Gasteiger partial charge in [0.2, 0.25) is 0 Å². The number of hydrogen-bond acceptors (Lipinski definition) is 4. The lowest BCUT2D eigenvalue weighted by Gasteiger charge is -1.97. The van der Waals surface area contributed by atoms with E-state index in [-0.39, 0.29) is 0 Å². The van der Waals surface area contributed by atoms with Crippen molar-refractivity contribution in [3.8, 4) is 11.3 Å². The summed E-state index contributed by atoms with van der Waals surface area (Å²) in [4.78, 5) is 4.71. The van der Waals surface area contributed by atoms with Gasteiger partial charge in [0.15, 0.2) is 0 Å². The van der Waals surface area contributed by atoms with Crippen LogP contribution in [0.2, 0.25) is 0 Å². The molecule has 0 bridgehead atoms. The first-order valence-electron chi connectivity index (χ1n) is 6.28. The average molecular weight is 264 g/mol. The molecule has 2 rings (SSSR count). The minimum Gasteiger partial charge on any atom is -0.330 e. The Morgan fingerprint density at radius 1 is 1.33 bits per heavy atom. The second-order valence-corrected chi connectivity index (χ2v) is 5.48. The molecule has 0 aliphatic rings. The zero-order valence-electron chi connectivity index (χ0n) is 11.2. The minimum atomic E-state index is 0.763. The van der Waals surface area contributed by atoms with Gasteiger partial charge in [-0.15, -0.1) is 11.3 Å². The predicted octanol–water partition coefficient (Wildman–Crippen LogP) is 2.44. The maximum atomic E-state index is 5.50. The molecule has 0 aromatic carbocycles. The lowest BCUT2D eigenvalue weighted by atomic mass is 10.1. The molecule has 2 aromatic heterocycles. The van der Waals surface area contributed by atoms with E-state index in [0.29, 0.717) is 0 Å². The van der Waals surface area contributed by atoms with Gasteiger partial charge in [-0.1, -0.05) is 0 Å². The molecule has 0 unspecified atom stereocenters. The van der Waals surface area contributed by atoms with Crippen molar-refractivity contribution in [1.29, 1.82) is 0 Å². The summed E-state index contributed by atoms with van der Waals surface area (Å²) >= 11 is 1.73. The van der Waals surface area contributed by atoms with Crippen molar-refractivity contribution in [2.75, 3.05) is 6.54 Å². The molecular formula is C13H20N4S. The van der Waals surface area contributed by atoms with Crippen LogP contribution in [0.15, 0.2) is 5.38 Å². The largest absolute Gasteiger partial charge is 0.330 e. The summed E-state index contributed by atoms with van der Waals surface area (Å²) < 4.78 is 1.91. The van der Waals surface area contributed by atoms with Crippen molar-refractivity contribution in [3.05, 3.63) is 21.8 Å². The van der Waals surface area contributed by atoms with Crippen molar-refractivity contribution < 1.29 is 0 Å². The van der Waals surface area contributed by atoms with Crippen molar-refractivity contribution in [2.24, 2.45) is 12.8 Å². The number of thiazole rings is 1. The van der Waals surface area contributed by atoms with Gasteiger partial charge in [-0.05, 0) is 39.7 Å². The lowest BCUT2D eigenvalue weighted by molar-refractivity contribution is 0.731. The molecule has 18 heavy (non-hydrogen) atoms. The van der Waals surface area contributed by atoms with Crippen LogP contribution in [0, 0.1) is 13.8 Å². The summed E-state index contributed by atoms with van der Waals surface area (Å²) in [6.45, 7) is 4.89. The zero-order valence-corrected chi connectivity index (χ0v) is 12.0. The number of aromatic nitrogens is 3. The maximum Gasteiger partial charge on any atom is 0.0932 e. The first-order valence-corrected chi connectivity index (χ1v) is 7.16. The third kappa shape index (κ3) is 2.62. The zero-order chi connectivity index (χ0) is 13.1. The van der Waals surface area contributed by atoms with Crippen molar-refractivity contribution in [2.45, 2.75) is 33.1 Å². The molecule has 0 aliphatic heterocycles. The van der Waals surface area contributed by atoms with Crippen LogP contribution in [0.1, 0.15) is 29.2 Å². The van der Waals surface area contributed by atoms with Crippen LogP contribution in [-0.2, 0) is 13.5 Å². The molecule has 0 saturated carbocycles. The second kappa shape index (κ2) is 5.63. The molecule has 0 saturated heterocycles. The third-order valence-electron chi connectivity index (χ3n) is 3.16. The predicted molar refractivity (Wildman–Crippen MR) is 75.8 cm³/mol. The Labute approximate surface area is 112 Å². The summed E-state index contributed by atoms with van der Waals surface area (Å²) in [5.41, 5.74) is 9.97. The summed E-state index contributed by atoms with van der Waals surface area (Å²) in [6.07, 6.45) is 3.22. The number of nitrogens with two attached hydrogens (primary N) is 1. The van der Waals surface area contributed by atoms with Gasteiger partial charge >= 0.3 is 0 Å². The van der Waals surface area contributed by atoms with Gasteiger partial charge in [0.05, 0.1) is 16.4 Å². The molecule has 0 aliphatic carbocycles. The fraction of sp³-hybridized carbons (Fsp3) is 0.538. The molecule has 2 N–H and O–H groups in total. The van der Waals surface area contributed by atoms with Crippen LogP contribution in [-0.4, -0.2) is 21.3 Å². The monoisotopic (exact) mass is 264 g/mol. The molecule has 0 spiro atoms. The standard InChI is InChI=1S/C13H20N4S/c1-9-13(10(2)17(3)16-9)11-8-18-12(15-11)6-4-5-7-14/h8H,4-7,14H2,1-3H3. The maximum absolute atomic E-state index is 5.50. The van der Waals surface area contributed by atoms with Gasteiger partial charge in [-0.3, -0.25) is 4.68 Å². The number of rotatable bonds is 5. The molecule has 0 amide bonds. The Morgan fingerprint density at radius 2 is 2.11 bits per heavy atom. The highest BCUT2D eigenvalue weighted by molar-refractivity contribution is 7.09. The Hall–Kier alpha value is -1.20. The third-order valence-corrected chi connectivity index (χ3v) is 4.07. The van der Waals surface area contributed by atoms with Crippen LogP contribution in [0.4, 0.5) is 0 Å². The molecule has 2 heterocycles. The van der Waals surface area contributed by atoms with E-state index in [1.54, 1.807) is 11.3 Å². The van der Waals surface area contributed by atoms with E-state index in [1.165, 1.54) is 16.3 Å². The fourth-order valence-corrected chi connectivity index (χ4v) is 2.94. The molecule has 98 valence electrons. The van der Waals surface area contributed by atoms with Gasteiger partial charge in [-0.2, -0.15) is 5.10 Å². The molecule has 0 atom stereocenters. The average Bonchev–Trinajstić information content (AvgIpc) is 2.86. The normalized spacial score (nSPS) is 11.1. The molecule has 0 fully saturated rings. The first kappa shape index (κ1) is 13.2. The Kier molecular flexibility index (Phi) is 4.14. The van der Waals surface area contributed by atoms with E-state index >= 15 is 0 Å². The van der Waals surface area contributed by atoms with Crippen LogP contribution in [0.3, 0.4) is 0 Å². The van der Waals surface area contributed by atoms with E-state index in [0.717, 1.165) is 37.2 Å². The second-order valence-electron chi connectivity index (χ2n) is 4.54. The van der Waals surface area contributed by atoms with Crippen LogP contribution in [0.25, 0.3) is 11.3 Å². The highest BCUT2D eigenvalue weighted by Crippen LogP contribution is 2.28. The Balaban J connectivity index is 2.19. The molecule has 2 aromatic rings. The summed E-state index contributed by atoms with van der Waals surface area (Å²) in [7, 11) is 1.97. The van der Waals surface area contributed by atoms with Crippen LogP contribution in [0.5, 0.6) is 0 Å². The Bertz CT molecular complexity index is 527. The minimum absolute atomic E-state index is 0.763. The highest BCUT2D eigenvalue weighted by Gasteiger charge is 2.14. The lowest BCUT2D eigenvalue weighted by Crippen LogP contribution is -1.98. The topological polar surface area (TPSA) is 56.7 Å². The van der Waals surface area contributed by atoms with Gasteiger partial charge in [0.25, 0.3) is 0 Å². The van der Waals surface area contributed by atoms with Gasteiger partial charge in [0, 0.05) is 23.7 Å². The number of unbranched alkanes of at least 4 members (excludes halogenated alkanes) is 1. The number of aryl methyl sites for hydroxylation is 3. The SMILES string of the molecule is Cc1nn(C)c(C)c1-c1csc(CCCCN)n1. The molecular weight excluding hydrogens is 244 g/mol. The summed E-state index contributed by atoms with van der Waals surface area (Å²) in [5.74, 6) is 0. The van der Waals surface area contributed by atoms with Gasteiger partial charge in [-0.25, -0.2) is 4.98 Å². The van der Waals surface area contributed by atoms with Gasteiger partial charge in [0.1, 0.15) is 0 Å². The van der Waals surface area contributed by atoms with E-state index in [1.807, 2.05) is 18.7 Å². The van der Waals surface area contributed by atoms with E-state index < -0.39 is 0 Å². The highest BCUT2D eigenvalue weighted by atomic mass is 32.1. The summed E-state index contributed by atoms with van der Waals surface area (Å²) in [6, 6.07) is 0. The van der Waals surface area contributed by atoms with E-state index in [9.17, 15) is 0 Å². The van der Waals surface area contributed by atoms with Crippen molar-refractivity contribution >= 4 is 11.3 Å². The smallest absolute Gasteiger partial charge is 0.0932 e. The van der Waals surface area contributed by atoms with E-state index in [4.69, 9.17) is 10.7 Å². The number of nitrogens with zero attached hydrogens (tertiary/aromatic N) is 3. The van der Waals surface area contributed by atoms with E-state index in [2.05, 4.69) is 17.4 Å². The van der Waals surface area contributed by atoms with Crippen molar-refractivity contribution in [1.82, 2.24) is 14.8 Å². The summed E-state index contributed by atoms with van der Waals surface area (Å²) in [5, 5.41) is 7.77. The molecule has 0 radical (unpaired) electrons. The molecule has 4 nitrogen and oxygen atoms in total. The van der Waals surface area contributed by atoms with Crippen LogP contribution < -0.4 is 5.73 Å². The Morgan fingerprint density at radius 3 is 2.72 bits per heavy atom. The fourth-order valence-electron chi connectivity index (χ4n) is 2.11.